The lowest BCUT2D eigenvalue weighted by Crippen LogP contribution is -2.10. The summed E-state index contributed by atoms with van der Waals surface area (Å²) in [5.74, 6) is -0.324. The Morgan fingerprint density at radius 2 is 1.94 bits per heavy atom. The number of hydrogen-bond donors (Lipinski definition) is 0. The van der Waals surface area contributed by atoms with Crippen LogP contribution in [0.3, 0.4) is 0 Å². The van der Waals surface area contributed by atoms with Gasteiger partial charge in [-0.3, -0.25) is 4.79 Å². The van der Waals surface area contributed by atoms with Crippen LogP contribution in [0.4, 0.5) is 13.2 Å². The molecular formula is C10H7Br2F3O. The van der Waals surface area contributed by atoms with Gasteiger partial charge in [-0.1, -0.05) is 28.1 Å². The van der Waals surface area contributed by atoms with Gasteiger partial charge in [-0.2, -0.15) is 13.2 Å². The van der Waals surface area contributed by atoms with E-state index in [9.17, 15) is 18.0 Å². The molecule has 0 spiro atoms. The van der Waals surface area contributed by atoms with Crippen LogP contribution in [0, 0.1) is 0 Å². The van der Waals surface area contributed by atoms with Gasteiger partial charge < -0.3 is 0 Å². The Kier molecular flexibility index (Phi) is 4.55. The van der Waals surface area contributed by atoms with E-state index in [1.54, 1.807) is 0 Å². The zero-order chi connectivity index (χ0) is 12.3. The molecule has 0 aliphatic heterocycles. The molecule has 0 saturated heterocycles. The van der Waals surface area contributed by atoms with Gasteiger partial charge in [0.2, 0.25) is 0 Å². The highest BCUT2D eigenvalue weighted by Gasteiger charge is 2.34. The highest BCUT2D eigenvalue weighted by atomic mass is 79.9. The van der Waals surface area contributed by atoms with E-state index in [1.807, 2.05) is 0 Å². The van der Waals surface area contributed by atoms with E-state index >= 15 is 0 Å². The van der Waals surface area contributed by atoms with Crippen LogP contribution in [0.2, 0.25) is 0 Å². The molecule has 1 aromatic rings. The predicted octanol–water partition coefficient (Wildman–Crippen LogP) is 4.44. The molecule has 0 heterocycles. The quantitative estimate of drug-likeness (QED) is 0.576. The lowest BCUT2D eigenvalue weighted by molar-refractivity contribution is -0.138. The van der Waals surface area contributed by atoms with E-state index in [0.29, 0.717) is 5.33 Å². The van der Waals surface area contributed by atoms with Gasteiger partial charge in [0, 0.05) is 21.8 Å². The summed E-state index contributed by atoms with van der Waals surface area (Å²) < 4.78 is 37.4. The van der Waals surface area contributed by atoms with Gasteiger partial charge >= 0.3 is 6.18 Å². The number of benzene rings is 1. The molecule has 6 heteroatoms. The molecule has 0 bridgehead atoms. The Morgan fingerprint density at radius 1 is 1.31 bits per heavy atom. The van der Waals surface area contributed by atoms with Crippen LogP contribution in [0.15, 0.2) is 22.7 Å². The SMILES string of the molecule is O=C(CCBr)c1cccc(C(F)(F)F)c1Br. The van der Waals surface area contributed by atoms with Crippen LogP contribution in [-0.4, -0.2) is 11.1 Å². The molecule has 0 aromatic heterocycles. The lowest BCUT2D eigenvalue weighted by atomic mass is 10.1. The standard InChI is InChI=1S/C10H7Br2F3O/c11-5-4-8(16)6-2-1-3-7(9(6)12)10(13,14)15/h1-3H,4-5H2. The molecule has 0 atom stereocenters. The van der Waals surface area contributed by atoms with Crippen LogP contribution in [0.1, 0.15) is 22.3 Å². The van der Waals surface area contributed by atoms with E-state index in [4.69, 9.17) is 0 Å². The third-order valence-corrected chi connectivity index (χ3v) is 3.18. The maximum absolute atomic E-state index is 12.5. The van der Waals surface area contributed by atoms with Crippen molar-refractivity contribution in [2.45, 2.75) is 12.6 Å². The highest BCUT2D eigenvalue weighted by molar-refractivity contribution is 9.10. The largest absolute Gasteiger partial charge is 0.417 e. The first-order chi connectivity index (χ1) is 7.38. The number of rotatable bonds is 3. The average Bonchev–Trinajstić information content (AvgIpc) is 2.16. The zero-order valence-corrected chi connectivity index (χ0v) is 11.1. The van der Waals surface area contributed by atoms with Gasteiger partial charge in [-0.25, -0.2) is 0 Å². The second-order valence-electron chi connectivity index (χ2n) is 3.03. The number of carbonyl (C=O) groups is 1. The fourth-order valence-corrected chi connectivity index (χ4v) is 2.26. The maximum atomic E-state index is 12.5. The van der Waals surface area contributed by atoms with Crippen molar-refractivity contribution in [1.29, 1.82) is 0 Å². The third kappa shape index (κ3) is 3.07. The van der Waals surface area contributed by atoms with Crippen LogP contribution >= 0.6 is 31.9 Å². The van der Waals surface area contributed by atoms with Gasteiger partial charge in [0.15, 0.2) is 5.78 Å². The molecule has 0 N–H and O–H groups in total. The summed E-state index contributed by atoms with van der Waals surface area (Å²) in [5, 5.41) is 0.425. The number of alkyl halides is 4. The van der Waals surface area contributed by atoms with Crippen molar-refractivity contribution in [3.63, 3.8) is 0 Å². The summed E-state index contributed by atoms with van der Waals surface area (Å²) in [6.45, 7) is 0. The summed E-state index contributed by atoms with van der Waals surface area (Å²) in [5.41, 5.74) is -0.762. The molecule has 88 valence electrons. The summed E-state index contributed by atoms with van der Waals surface area (Å²) in [6, 6.07) is 3.55. The molecule has 16 heavy (non-hydrogen) atoms. The Labute approximate surface area is 107 Å². The van der Waals surface area contributed by atoms with Gasteiger partial charge in [0.25, 0.3) is 0 Å². The monoisotopic (exact) mass is 358 g/mol. The minimum atomic E-state index is -4.45. The summed E-state index contributed by atoms with van der Waals surface area (Å²) in [6.07, 6.45) is -4.29. The normalized spacial score (nSPS) is 11.6. The first-order valence-electron chi connectivity index (χ1n) is 4.32. The summed E-state index contributed by atoms with van der Waals surface area (Å²) in [4.78, 5) is 11.5. The van der Waals surface area contributed by atoms with Crippen molar-refractivity contribution in [3.8, 4) is 0 Å². The minimum absolute atomic E-state index is 0.0641. The van der Waals surface area contributed by atoms with E-state index in [0.717, 1.165) is 6.07 Å². The number of hydrogen-bond acceptors (Lipinski definition) is 1. The van der Waals surface area contributed by atoms with Crippen LogP contribution in [0.25, 0.3) is 0 Å². The Morgan fingerprint density at radius 3 is 2.44 bits per heavy atom. The first kappa shape index (κ1) is 13.7. The molecule has 0 unspecified atom stereocenters. The van der Waals surface area contributed by atoms with E-state index < -0.39 is 11.7 Å². The van der Waals surface area contributed by atoms with Crippen LogP contribution < -0.4 is 0 Å². The molecule has 1 nitrogen and oxygen atoms in total. The molecule has 0 aliphatic carbocycles. The number of halogens is 5. The van der Waals surface area contributed by atoms with Crippen molar-refractivity contribution in [3.05, 3.63) is 33.8 Å². The van der Waals surface area contributed by atoms with Crippen LogP contribution in [-0.2, 0) is 6.18 Å². The molecule has 0 fully saturated rings. The van der Waals surface area contributed by atoms with Gasteiger partial charge in [0.05, 0.1) is 5.56 Å². The van der Waals surface area contributed by atoms with E-state index in [2.05, 4.69) is 31.9 Å². The number of Topliss-reactive ketones (excluding diaryl/α,β-unsaturated/α-hetero) is 1. The molecular weight excluding hydrogens is 353 g/mol. The summed E-state index contributed by atoms with van der Waals surface area (Å²) >= 11 is 5.90. The summed E-state index contributed by atoms with van der Waals surface area (Å²) in [7, 11) is 0. The van der Waals surface area contributed by atoms with Gasteiger partial charge in [0.1, 0.15) is 0 Å². The third-order valence-electron chi connectivity index (χ3n) is 1.93. The smallest absolute Gasteiger partial charge is 0.294 e. The number of carbonyl (C=O) groups excluding carboxylic acids is 1. The van der Waals surface area contributed by atoms with Gasteiger partial charge in [-0.05, 0) is 22.0 Å². The van der Waals surface area contributed by atoms with E-state index in [-0.39, 0.29) is 22.2 Å². The first-order valence-corrected chi connectivity index (χ1v) is 6.24. The maximum Gasteiger partial charge on any atom is 0.417 e. The van der Waals surface area contributed by atoms with Crippen molar-refractivity contribution >= 4 is 37.6 Å². The van der Waals surface area contributed by atoms with Crippen LogP contribution in [0.5, 0.6) is 0 Å². The van der Waals surface area contributed by atoms with Crippen molar-refractivity contribution in [2.75, 3.05) is 5.33 Å². The molecule has 0 saturated carbocycles. The Balaban J connectivity index is 3.19. The second kappa shape index (κ2) is 5.31. The minimum Gasteiger partial charge on any atom is -0.294 e. The topological polar surface area (TPSA) is 17.1 Å². The average molecular weight is 360 g/mol. The molecule has 0 amide bonds. The lowest BCUT2D eigenvalue weighted by Gasteiger charge is -2.11. The Bertz CT molecular complexity index is 402. The van der Waals surface area contributed by atoms with Gasteiger partial charge in [-0.15, -0.1) is 0 Å². The zero-order valence-electron chi connectivity index (χ0n) is 7.94. The fourth-order valence-electron chi connectivity index (χ4n) is 1.19. The number of ketones is 1. The molecule has 1 aromatic carbocycles. The van der Waals surface area contributed by atoms with Crippen molar-refractivity contribution in [2.24, 2.45) is 0 Å². The second-order valence-corrected chi connectivity index (χ2v) is 4.61. The predicted molar refractivity (Wildman–Crippen MR) is 61.9 cm³/mol. The molecule has 0 aliphatic rings. The molecule has 0 radical (unpaired) electrons. The van der Waals surface area contributed by atoms with E-state index in [1.165, 1.54) is 12.1 Å². The molecule has 1 rings (SSSR count). The Hall–Kier alpha value is -0.360. The van der Waals surface area contributed by atoms with Crippen molar-refractivity contribution < 1.29 is 18.0 Å². The fraction of sp³-hybridized carbons (Fsp3) is 0.300. The van der Waals surface area contributed by atoms with Crippen molar-refractivity contribution in [1.82, 2.24) is 0 Å². The highest BCUT2D eigenvalue weighted by Crippen LogP contribution is 2.36.